The van der Waals surface area contributed by atoms with E-state index in [2.05, 4.69) is 40.7 Å². The summed E-state index contributed by atoms with van der Waals surface area (Å²) >= 11 is 0. The van der Waals surface area contributed by atoms with Crippen LogP contribution in [0.1, 0.15) is 105 Å². The summed E-state index contributed by atoms with van der Waals surface area (Å²) in [6.07, 6.45) is 21.7. The molecular formula is C29H48O. The maximum Gasteiger partial charge on any atom is 0.0794 e. The van der Waals surface area contributed by atoms with Crippen molar-refractivity contribution < 1.29 is 5.11 Å². The Balaban J connectivity index is 1.49. The molecule has 0 heterocycles. The Bertz CT molecular complexity index is 659. The lowest BCUT2D eigenvalue weighted by Gasteiger charge is -2.61. The zero-order chi connectivity index (χ0) is 21.5. The molecule has 1 heteroatoms. The van der Waals surface area contributed by atoms with Gasteiger partial charge in [-0.2, -0.15) is 0 Å². The van der Waals surface area contributed by atoms with Crippen molar-refractivity contribution in [2.24, 2.45) is 52.3 Å². The fourth-order valence-corrected chi connectivity index (χ4v) is 9.34. The Morgan fingerprint density at radius 2 is 1.67 bits per heavy atom. The number of fused-ring (bicyclic) bond motifs is 5. The van der Waals surface area contributed by atoms with Crippen LogP contribution in [0.15, 0.2) is 24.0 Å². The highest BCUT2D eigenvalue weighted by Gasteiger charge is 2.59. The average Bonchev–Trinajstić information content (AvgIpc) is 3.07. The third-order valence-electron chi connectivity index (χ3n) is 11.0. The summed E-state index contributed by atoms with van der Waals surface area (Å²) in [6, 6.07) is 0. The van der Waals surface area contributed by atoms with E-state index >= 15 is 0 Å². The van der Waals surface area contributed by atoms with Gasteiger partial charge in [0.1, 0.15) is 0 Å². The first kappa shape index (κ1) is 22.5. The number of hydrogen-bond donors (Lipinski definition) is 1. The molecule has 4 fully saturated rings. The minimum absolute atomic E-state index is 0.481. The average molecular weight is 413 g/mol. The van der Waals surface area contributed by atoms with Crippen LogP contribution >= 0.6 is 0 Å². The van der Waals surface area contributed by atoms with Crippen LogP contribution in [-0.4, -0.2) is 5.11 Å². The molecule has 1 N–H and O–H groups in total. The maximum absolute atomic E-state index is 9.25. The number of rotatable bonds is 5. The standard InChI is InChI=1S/C29H48O/c1-20(2)22(16-19-30)10-9-21(3)25-13-14-26-24-12-11-23-8-6-7-17-28(23,4)27(24)15-18-29(25,26)5/h10,16,19-21,23-27,30H,6-9,11-15,17-18H2,1-5H3/t21?,23?,24-,25+,26-,27-,28-,29+/m0/s1. The lowest BCUT2D eigenvalue weighted by atomic mass is 9.44. The molecule has 0 saturated heterocycles. The molecule has 170 valence electrons. The van der Waals surface area contributed by atoms with Crippen molar-refractivity contribution >= 4 is 0 Å². The molecule has 0 amide bonds. The molecule has 8 atom stereocenters. The van der Waals surface area contributed by atoms with Crippen LogP contribution in [-0.2, 0) is 0 Å². The van der Waals surface area contributed by atoms with Gasteiger partial charge in [-0.15, -0.1) is 0 Å². The highest BCUT2D eigenvalue weighted by Crippen LogP contribution is 2.68. The molecule has 1 nitrogen and oxygen atoms in total. The lowest BCUT2D eigenvalue weighted by Crippen LogP contribution is -2.53. The first-order valence-electron chi connectivity index (χ1n) is 13.3. The van der Waals surface area contributed by atoms with Gasteiger partial charge < -0.3 is 5.11 Å². The SMILES string of the molecule is CC(C)C(C=CO)=CCC(C)[C@H]1CC[C@H]2[C@@H]3CCC4CCCC[C@]4(C)[C@H]3CC[C@]12C. The third kappa shape index (κ3) is 3.71. The number of hydrogen-bond acceptors (Lipinski definition) is 1. The van der Waals surface area contributed by atoms with Crippen LogP contribution in [0.4, 0.5) is 0 Å². The van der Waals surface area contributed by atoms with Crippen molar-refractivity contribution in [1.29, 1.82) is 0 Å². The number of aliphatic hydroxyl groups excluding tert-OH is 1. The predicted molar refractivity (Wildman–Crippen MR) is 128 cm³/mol. The van der Waals surface area contributed by atoms with E-state index in [-0.39, 0.29) is 0 Å². The van der Waals surface area contributed by atoms with Gasteiger partial charge in [0, 0.05) is 0 Å². The van der Waals surface area contributed by atoms with Gasteiger partial charge in [0.25, 0.3) is 0 Å². The third-order valence-corrected chi connectivity index (χ3v) is 11.0. The van der Waals surface area contributed by atoms with Crippen molar-refractivity contribution in [2.75, 3.05) is 0 Å². The van der Waals surface area contributed by atoms with E-state index in [4.69, 9.17) is 0 Å². The molecule has 4 saturated carbocycles. The maximum atomic E-state index is 9.25. The summed E-state index contributed by atoms with van der Waals surface area (Å²) < 4.78 is 0. The minimum atomic E-state index is 0.481. The molecule has 0 bridgehead atoms. The second-order valence-corrected chi connectivity index (χ2v) is 12.5. The topological polar surface area (TPSA) is 20.2 Å². The molecule has 4 rings (SSSR count). The summed E-state index contributed by atoms with van der Waals surface area (Å²) in [5.74, 6) is 6.16. The largest absolute Gasteiger partial charge is 0.516 e. The molecule has 0 spiro atoms. The molecule has 0 aromatic heterocycles. The Morgan fingerprint density at radius 1 is 0.900 bits per heavy atom. The Morgan fingerprint density at radius 3 is 2.40 bits per heavy atom. The van der Waals surface area contributed by atoms with E-state index < -0.39 is 0 Å². The van der Waals surface area contributed by atoms with Crippen molar-refractivity contribution in [3.63, 3.8) is 0 Å². The lowest BCUT2D eigenvalue weighted by molar-refractivity contribution is -0.114. The monoisotopic (exact) mass is 412 g/mol. The molecule has 4 aliphatic rings. The Hall–Kier alpha value is -0.720. The normalized spacial score (nSPS) is 45.3. The van der Waals surface area contributed by atoms with E-state index in [0.717, 1.165) is 35.5 Å². The summed E-state index contributed by atoms with van der Waals surface area (Å²) in [5, 5.41) is 9.25. The highest BCUT2D eigenvalue weighted by molar-refractivity contribution is 5.19. The van der Waals surface area contributed by atoms with E-state index in [1.54, 1.807) is 0 Å². The van der Waals surface area contributed by atoms with E-state index in [0.29, 0.717) is 16.7 Å². The molecule has 0 aromatic carbocycles. The van der Waals surface area contributed by atoms with Gasteiger partial charge in [-0.3, -0.25) is 0 Å². The van der Waals surface area contributed by atoms with Crippen molar-refractivity contribution in [2.45, 2.75) is 105 Å². The van der Waals surface area contributed by atoms with Gasteiger partial charge >= 0.3 is 0 Å². The Labute approximate surface area is 186 Å². The van der Waals surface area contributed by atoms with Gasteiger partial charge in [0.2, 0.25) is 0 Å². The predicted octanol–water partition coefficient (Wildman–Crippen LogP) is 8.72. The van der Waals surface area contributed by atoms with Gasteiger partial charge in [-0.05, 0) is 122 Å². The number of aliphatic hydroxyl groups is 1. The van der Waals surface area contributed by atoms with E-state index in [9.17, 15) is 5.11 Å². The summed E-state index contributed by atoms with van der Waals surface area (Å²) in [4.78, 5) is 0. The quantitative estimate of drug-likeness (QED) is 0.353. The van der Waals surface area contributed by atoms with Crippen LogP contribution in [0.2, 0.25) is 0 Å². The smallest absolute Gasteiger partial charge is 0.0794 e. The van der Waals surface area contributed by atoms with Crippen LogP contribution < -0.4 is 0 Å². The van der Waals surface area contributed by atoms with Crippen LogP contribution in [0.3, 0.4) is 0 Å². The van der Waals surface area contributed by atoms with Gasteiger partial charge in [0.05, 0.1) is 6.26 Å². The fourth-order valence-electron chi connectivity index (χ4n) is 9.34. The molecule has 0 radical (unpaired) electrons. The highest BCUT2D eigenvalue weighted by atomic mass is 16.2. The summed E-state index contributed by atoms with van der Waals surface area (Å²) in [6.45, 7) is 12.4. The van der Waals surface area contributed by atoms with Crippen molar-refractivity contribution in [3.8, 4) is 0 Å². The number of allylic oxidation sites excluding steroid dienone is 3. The van der Waals surface area contributed by atoms with Crippen LogP contribution in [0, 0.1) is 52.3 Å². The molecule has 0 aromatic rings. The Kier molecular flexibility index (Phi) is 6.49. The minimum Gasteiger partial charge on any atom is -0.516 e. The van der Waals surface area contributed by atoms with Gasteiger partial charge in [-0.1, -0.05) is 53.5 Å². The second-order valence-electron chi connectivity index (χ2n) is 12.5. The second kappa shape index (κ2) is 8.67. The zero-order valence-corrected chi connectivity index (χ0v) is 20.5. The zero-order valence-electron chi connectivity index (χ0n) is 20.5. The van der Waals surface area contributed by atoms with Crippen molar-refractivity contribution in [3.05, 3.63) is 24.0 Å². The summed E-state index contributed by atoms with van der Waals surface area (Å²) in [5.41, 5.74) is 2.52. The molecular weight excluding hydrogens is 364 g/mol. The van der Waals surface area contributed by atoms with Gasteiger partial charge in [-0.25, -0.2) is 0 Å². The van der Waals surface area contributed by atoms with E-state index in [1.165, 1.54) is 82.5 Å². The molecule has 2 unspecified atom stereocenters. The van der Waals surface area contributed by atoms with Crippen LogP contribution in [0.25, 0.3) is 0 Å². The fraction of sp³-hybridized carbons (Fsp3) is 0.862. The molecule has 30 heavy (non-hydrogen) atoms. The molecule has 0 aliphatic heterocycles. The first-order valence-corrected chi connectivity index (χ1v) is 13.3. The van der Waals surface area contributed by atoms with E-state index in [1.807, 2.05) is 6.08 Å². The first-order chi connectivity index (χ1) is 14.3. The van der Waals surface area contributed by atoms with Crippen molar-refractivity contribution in [1.82, 2.24) is 0 Å². The van der Waals surface area contributed by atoms with Crippen LogP contribution in [0.5, 0.6) is 0 Å². The summed E-state index contributed by atoms with van der Waals surface area (Å²) in [7, 11) is 0. The van der Waals surface area contributed by atoms with Gasteiger partial charge in [0.15, 0.2) is 0 Å². The molecule has 4 aliphatic carbocycles.